The van der Waals surface area contributed by atoms with Crippen LogP contribution in [0.15, 0.2) is 0 Å². The molecule has 0 bridgehead atoms. The van der Waals surface area contributed by atoms with Crippen LogP contribution in [0.3, 0.4) is 0 Å². The minimum absolute atomic E-state index is 0.295. The van der Waals surface area contributed by atoms with Crippen molar-refractivity contribution in [2.75, 3.05) is 13.1 Å². The molecule has 2 N–H and O–H groups in total. The normalized spacial score (nSPS) is 17.9. The highest BCUT2D eigenvalue weighted by molar-refractivity contribution is 7.80. The molecule has 92 valence electrons. The summed E-state index contributed by atoms with van der Waals surface area (Å²) in [5, 5.41) is 5.91. The van der Waals surface area contributed by atoms with E-state index < -0.39 is 11.7 Å². The highest BCUT2D eigenvalue weighted by atomic mass is 32.1. The molecule has 1 heterocycles. The number of alkyl carbamates (subject to hydrolysis) is 1. The molecule has 1 amide bonds. The third-order valence-corrected chi connectivity index (χ3v) is 2.77. The number of amides is 1. The topological polar surface area (TPSA) is 50.4 Å². The molecule has 16 heavy (non-hydrogen) atoms. The molecule has 0 radical (unpaired) electrons. The zero-order valence-electron chi connectivity index (χ0n) is 10.1. The molecule has 0 aromatic heterocycles. The average Bonchev–Trinajstić information content (AvgIpc) is 2.16. The fourth-order valence-corrected chi connectivity index (χ4v) is 1.91. The van der Waals surface area contributed by atoms with Crippen LogP contribution in [0.4, 0.5) is 4.79 Å². The van der Waals surface area contributed by atoms with Crippen LogP contribution in [0.2, 0.25) is 0 Å². The van der Waals surface area contributed by atoms with Crippen molar-refractivity contribution in [2.45, 2.75) is 39.2 Å². The second-order valence-corrected chi connectivity index (χ2v) is 5.46. The van der Waals surface area contributed by atoms with Crippen LogP contribution in [-0.4, -0.2) is 29.8 Å². The van der Waals surface area contributed by atoms with E-state index in [2.05, 4.69) is 10.6 Å². The molecular weight excluding hydrogens is 224 g/mol. The van der Waals surface area contributed by atoms with Crippen molar-refractivity contribution >= 4 is 23.3 Å². The Morgan fingerprint density at radius 1 is 1.38 bits per heavy atom. The molecule has 0 aromatic carbocycles. The molecule has 0 aliphatic carbocycles. The SMILES string of the molecule is CC(C)(C)OC(=O)NC(=S)C1CCNCC1. The van der Waals surface area contributed by atoms with Crippen molar-refractivity contribution in [3.8, 4) is 0 Å². The lowest BCUT2D eigenvalue weighted by Crippen LogP contribution is -2.41. The van der Waals surface area contributed by atoms with Gasteiger partial charge in [-0.25, -0.2) is 4.79 Å². The first-order chi connectivity index (χ1) is 7.38. The van der Waals surface area contributed by atoms with Crippen LogP contribution in [0.5, 0.6) is 0 Å². The number of rotatable bonds is 1. The van der Waals surface area contributed by atoms with E-state index in [-0.39, 0.29) is 0 Å². The van der Waals surface area contributed by atoms with Gasteiger partial charge in [0.15, 0.2) is 0 Å². The van der Waals surface area contributed by atoms with Gasteiger partial charge < -0.3 is 10.1 Å². The number of carbonyl (C=O) groups is 1. The summed E-state index contributed by atoms with van der Waals surface area (Å²) < 4.78 is 5.15. The smallest absolute Gasteiger partial charge is 0.412 e. The summed E-state index contributed by atoms with van der Waals surface area (Å²) >= 11 is 5.20. The first-order valence-corrected chi connectivity index (χ1v) is 6.04. The molecule has 1 aliphatic heterocycles. The summed E-state index contributed by atoms with van der Waals surface area (Å²) in [6.07, 6.45) is 1.51. The van der Waals surface area contributed by atoms with E-state index in [4.69, 9.17) is 17.0 Å². The van der Waals surface area contributed by atoms with Crippen LogP contribution in [-0.2, 0) is 4.74 Å². The lowest BCUT2D eigenvalue weighted by Gasteiger charge is -2.25. The van der Waals surface area contributed by atoms with Gasteiger partial charge in [0.2, 0.25) is 0 Å². The Bertz CT molecular complexity index is 268. The molecule has 0 atom stereocenters. The summed E-state index contributed by atoms with van der Waals surface area (Å²) in [6.45, 7) is 7.42. The van der Waals surface area contributed by atoms with Gasteiger partial charge in [0, 0.05) is 5.92 Å². The van der Waals surface area contributed by atoms with E-state index in [1.807, 2.05) is 20.8 Å². The quantitative estimate of drug-likeness (QED) is 0.691. The molecule has 1 saturated heterocycles. The molecule has 1 rings (SSSR count). The monoisotopic (exact) mass is 244 g/mol. The van der Waals surface area contributed by atoms with Crippen LogP contribution in [0.25, 0.3) is 0 Å². The number of hydrogen-bond acceptors (Lipinski definition) is 4. The fourth-order valence-electron chi connectivity index (χ4n) is 1.59. The number of nitrogens with one attached hydrogen (secondary N) is 2. The molecule has 0 aromatic rings. The van der Waals surface area contributed by atoms with E-state index in [9.17, 15) is 4.79 Å². The molecule has 5 heteroatoms. The van der Waals surface area contributed by atoms with Crippen molar-refractivity contribution in [1.82, 2.24) is 10.6 Å². The average molecular weight is 244 g/mol. The molecule has 4 nitrogen and oxygen atoms in total. The van der Waals surface area contributed by atoms with E-state index in [1.54, 1.807) is 0 Å². The van der Waals surface area contributed by atoms with E-state index >= 15 is 0 Å². The number of carbonyl (C=O) groups excluding carboxylic acids is 1. The lowest BCUT2D eigenvalue weighted by atomic mass is 9.98. The number of piperidine rings is 1. The predicted molar refractivity (Wildman–Crippen MR) is 67.6 cm³/mol. The first kappa shape index (κ1) is 13.4. The van der Waals surface area contributed by atoms with Crippen molar-refractivity contribution in [3.63, 3.8) is 0 Å². The number of ether oxygens (including phenoxy) is 1. The third kappa shape index (κ3) is 4.90. The summed E-state index contributed by atoms with van der Waals surface area (Å²) in [5.74, 6) is 0.295. The van der Waals surface area contributed by atoms with Gasteiger partial charge in [-0.15, -0.1) is 0 Å². The summed E-state index contributed by atoms with van der Waals surface area (Å²) in [4.78, 5) is 12.1. The van der Waals surface area contributed by atoms with Crippen molar-refractivity contribution < 1.29 is 9.53 Å². The van der Waals surface area contributed by atoms with Crippen molar-refractivity contribution in [1.29, 1.82) is 0 Å². The van der Waals surface area contributed by atoms with E-state index in [1.165, 1.54) is 0 Å². The van der Waals surface area contributed by atoms with Crippen LogP contribution >= 0.6 is 12.2 Å². The molecule has 1 aliphatic rings. The van der Waals surface area contributed by atoms with Gasteiger partial charge in [-0.1, -0.05) is 12.2 Å². The summed E-state index contributed by atoms with van der Waals surface area (Å²) in [7, 11) is 0. The van der Waals surface area contributed by atoms with Crippen molar-refractivity contribution in [3.05, 3.63) is 0 Å². The van der Waals surface area contributed by atoms with Crippen LogP contribution in [0, 0.1) is 5.92 Å². The summed E-state index contributed by atoms with van der Waals surface area (Å²) in [5.41, 5.74) is -0.478. The maximum atomic E-state index is 11.5. The maximum absolute atomic E-state index is 11.5. The Balaban J connectivity index is 2.35. The minimum Gasteiger partial charge on any atom is -0.444 e. The number of hydrogen-bond donors (Lipinski definition) is 2. The molecular formula is C11H20N2O2S. The second kappa shape index (κ2) is 5.59. The van der Waals surface area contributed by atoms with Crippen LogP contribution < -0.4 is 10.6 Å². The van der Waals surface area contributed by atoms with E-state index in [0.29, 0.717) is 10.9 Å². The summed E-state index contributed by atoms with van der Waals surface area (Å²) in [6, 6.07) is 0. The Kier molecular flexibility index (Phi) is 4.68. The molecule has 0 unspecified atom stereocenters. The maximum Gasteiger partial charge on any atom is 0.412 e. The highest BCUT2D eigenvalue weighted by Gasteiger charge is 2.22. The van der Waals surface area contributed by atoms with Gasteiger partial charge in [-0.3, -0.25) is 5.32 Å². The van der Waals surface area contributed by atoms with Crippen molar-refractivity contribution in [2.24, 2.45) is 5.92 Å². The van der Waals surface area contributed by atoms with Gasteiger partial charge in [0.05, 0.1) is 4.99 Å². The Labute approximate surface area is 102 Å². The predicted octanol–water partition coefficient (Wildman–Crippen LogP) is 1.84. The molecule has 0 saturated carbocycles. The van der Waals surface area contributed by atoms with E-state index in [0.717, 1.165) is 25.9 Å². The Morgan fingerprint density at radius 2 is 1.94 bits per heavy atom. The van der Waals surface area contributed by atoms with Gasteiger partial charge in [0.1, 0.15) is 5.60 Å². The zero-order chi connectivity index (χ0) is 12.2. The lowest BCUT2D eigenvalue weighted by molar-refractivity contribution is 0.0561. The van der Waals surface area contributed by atoms with Gasteiger partial charge in [-0.05, 0) is 46.7 Å². The van der Waals surface area contributed by atoms with Gasteiger partial charge >= 0.3 is 6.09 Å². The third-order valence-electron chi connectivity index (χ3n) is 2.33. The standard InChI is InChI=1S/C11H20N2O2S/c1-11(2,3)15-10(14)13-9(16)8-4-6-12-7-5-8/h8,12H,4-7H2,1-3H3,(H,13,14,16). The number of thiocarbonyl (C=S) groups is 1. The highest BCUT2D eigenvalue weighted by Crippen LogP contribution is 2.13. The van der Waals surface area contributed by atoms with Gasteiger partial charge in [-0.2, -0.15) is 0 Å². The van der Waals surface area contributed by atoms with Gasteiger partial charge in [0.25, 0.3) is 0 Å². The van der Waals surface area contributed by atoms with Crippen LogP contribution in [0.1, 0.15) is 33.6 Å². The molecule has 0 spiro atoms. The minimum atomic E-state index is -0.478. The second-order valence-electron chi connectivity index (χ2n) is 5.02. The molecule has 1 fully saturated rings. The Hall–Kier alpha value is -0.680. The fraction of sp³-hybridized carbons (Fsp3) is 0.818. The first-order valence-electron chi connectivity index (χ1n) is 5.63. The zero-order valence-corrected chi connectivity index (χ0v) is 10.9. The Morgan fingerprint density at radius 3 is 2.44 bits per heavy atom. The largest absolute Gasteiger partial charge is 0.444 e.